The summed E-state index contributed by atoms with van der Waals surface area (Å²) in [5.41, 5.74) is 0.331. The number of imidazole rings is 1. The minimum absolute atomic E-state index is 0.0845. The van der Waals surface area contributed by atoms with Crippen LogP contribution in [0.3, 0.4) is 0 Å². The molecule has 5 nitrogen and oxygen atoms in total. The summed E-state index contributed by atoms with van der Waals surface area (Å²) in [5, 5.41) is 3.13. The molecular formula is C17H26N4O. The van der Waals surface area contributed by atoms with Gasteiger partial charge in [0, 0.05) is 38.1 Å². The third kappa shape index (κ3) is 3.51. The monoisotopic (exact) mass is 302 g/mol. The zero-order valence-electron chi connectivity index (χ0n) is 13.4. The largest absolute Gasteiger partial charge is 0.335 e. The van der Waals surface area contributed by atoms with E-state index in [4.69, 9.17) is 0 Å². The van der Waals surface area contributed by atoms with Crippen LogP contribution in [0.25, 0.3) is 0 Å². The van der Waals surface area contributed by atoms with E-state index in [0.29, 0.717) is 5.41 Å². The summed E-state index contributed by atoms with van der Waals surface area (Å²) in [7, 11) is 0. The Morgan fingerprint density at radius 3 is 3.05 bits per heavy atom. The number of allylic oxidation sites excluding steroid dienone is 2. The molecule has 1 aliphatic heterocycles. The van der Waals surface area contributed by atoms with Crippen LogP contribution in [0.15, 0.2) is 30.9 Å². The van der Waals surface area contributed by atoms with Gasteiger partial charge in [0.05, 0.1) is 6.33 Å². The molecule has 1 aromatic rings. The zero-order valence-corrected chi connectivity index (χ0v) is 13.4. The van der Waals surface area contributed by atoms with Gasteiger partial charge in [-0.05, 0) is 44.4 Å². The molecule has 0 bridgehead atoms. The molecule has 1 spiro atoms. The van der Waals surface area contributed by atoms with Gasteiger partial charge in [-0.2, -0.15) is 0 Å². The summed E-state index contributed by atoms with van der Waals surface area (Å²) in [6.45, 7) is 4.59. The Morgan fingerprint density at radius 2 is 2.32 bits per heavy atom. The molecule has 5 heteroatoms. The number of urea groups is 1. The van der Waals surface area contributed by atoms with Gasteiger partial charge in [0.15, 0.2) is 0 Å². The lowest BCUT2D eigenvalue weighted by atomic mass is 9.71. The first-order chi connectivity index (χ1) is 10.7. The van der Waals surface area contributed by atoms with Crippen molar-refractivity contribution in [3.05, 3.63) is 30.9 Å². The fraction of sp³-hybridized carbons (Fsp3) is 0.647. The van der Waals surface area contributed by atoms with E-state index in [1.807, 2.05) is 22.6 Å². The fourth-order valence-electron chi connectivity index (χ4n) is 3.75. The molecule has 1 aliphatic carbocycles. The smallest absolute Gasteiger partial charge is 0.317 e. The number of rotatable bonds is 3. The molecule has 1 aromatic heterocycles. The topological polar surface area (TPSA) is 50.2 Å². The first-order valence-corrected chi connectivity index (χ1v) is 8.33. The molecule has 1 saturated heterocycles. The Labute approximate surface area is 132 Å². The van der Waals surface area contributed by atoms with E-state index < -0.39 is 0 Å². The summed E-state index contributed by atoms with van der Waals surface area (Å²) >= 11 is 0. The predicted octanol–water partition coefficient (Wildman–Crippen LogP) is 2.80. The molecule has 3 rings (SSSR count). The number of amides is 2. The molecule has 2 heterocycles. The van der Waals surface area contributed by atoms with E-state index in [0.717, 1.165) is 38.9 Å². The number of carbonyl (C=O) groups excluding carboxylic acids is 1. The highest BCUT2D eigenvalue weighted by Crippen LogP contribution is 2.40. The highest BCUT2D eigenvalue weighted by molar-refractivity contribution is 5.74. The van der Waals surface area contributed by atoms with E-state index in [9.17, 15) is 4.79 Å². The van der Waals surface area contributed by atoms with Crippen LogP contribution in [0.1, 0.15) is 39.0 Å². The van der Waals surface area contributed by atoms with Crippen molar-refractivity contribution in [3.63, 3.8) is 0 Å². The number of aromatic nitrogens is 2. The predicted molar refractivity (Wildman–Crippen MR) is 86.5 cm³/mol. The second-order valence-electron chi connectivity index (χ2n) is 6.85. The molecule has 2 aliphatic rings. The molecular weight excluding hydrogens is 276 g/mol. The maximum atomic E-state index is 12.5. The summed E-state index contributed by atoms with van der Waals surface area (Å²) in [6.07, 6.45) is 15.9. The number of piperidine rings is 1. The first-order valence-electron chi connectivity index (χ1n) is 8.33. The van der Waals surface area contributed by atoms with Gasteiger partial charge in [0.1, 0.15) is 0 Å². The van der Waals surface area contributed by atoms with Crippen LogP contribution >= 0.6 is 0 Å². The lowest BCUT2D eigenvalue weighted by Crippen LogP contribution is -2.52. The maximum Gasteiger partial charge on any atom is 0.317 e. The normalized spacial score (nSPS) is 26.1. The van der Waals surface area contributed by atoms with Crippen LogP contribution in [0.2, 0.25) is 0 Å². The van der Waals surface area contributed by atoms with Crippen LogP contribution in [0.4, 0.5) is 4.79 Å². The average molecular weight is 302 g/mol. The molecule has 0 radical (unpaired) electrons. The highest BCUT2D eigenvalue weighted by atomic mass is 16.2. The lowest BCUT2D eigenvalue weighted by molar-refractivity contribution is 0.0946. The van der Waals surface area contributed by atoms with Crippen molar-refractivity contribution < 1.29 is 4.79 Å². The van der Waals surface area contributed by atoms with E-state index >= 15 is 0 Å². The van der Waals surface area contributed by atoms with Crippen LogP contribution in [0, 0.1) is 5.41 Å². The minimum Gasteiger partial charge on any atom is -0.335 e. The number of nitrogens with one attached hydrogen (secondary N) is 1. The van der Waals surface area contributed by atoms with Crippen LogP contribution in [-0.2, 0) is 6.54 Å². The van der Waals surface area contributed by atoms with Crippen molar-refractivity contribution in [2.24, 2.45) is 5.41 Å². The van der Waals surface area contributed by atoms with Crippen molar-refractivity contribution >= 4 is 6.03 Å². The third-order valence-electron chi connectivity index (χ3n) is 4.92. The summed E-state index contributed by atoms with van der Waals surface area (Å²) in [5.74, 6) is 0. The van der Waals surface area contributed by atoms with E-state index in [-0.39, 0.29) is 12.1 Å². The second kappa shape index (κ2) is 6.55. The summed E-state index contributed by atoms with van der Waals surface area (Å²) < 4.78 is 1.99. The van der Waals surface area contributed by atoms with E-state index in [1.165, 1.54) is 12.8 Å². The van der Waals surface area contributed by atoms with Gasteiger partial charge in [0.25, 0.3) is 0 Å². The quantitative estimate of drug-likeness (QED) is 0.873. The van der Waals surface area contributed by atoms with E-state index in [2.05, 4.69) is 22.5 Å². The Hall–Kier alpha value is -1.78. The molecule has 22 heavy (non-hydrogen) atoms. The van der Waals surface area contributed by atoms with Gasteiger partial charge in [0.2, 0.25) is 0 Å². The third-order valence-corrected chi connectivity index (χ3v) is 4.92. The molecule has 1 fully saturated rings. The number of hydrogen-bond acceptors (Lipinski definition) is 2. The Morgan fingerprint density at radius 1 is 1.41 bits per heavy atom. The summed E-state index contributed by atoms with van der Waals surface area (Å²) in [4.78, 5) is 18.6. The minimum atomic E-state index is 0.0845. The molecule has 0 aromatic carbocycles. The molecule has 0 saturated carbocycles. The van der Waals surface area contributed by atoms with Crippen molar-refractivity contribution in [1.82, 2.24) is 19.8 Å². The fourth-order valence-corrected chi connectivity index (χ4v) is 3.75. The van der Waals surface area contributed by atoms with Gasteiger partial charge >= 0.3 is 6.03 Å². The summed E-state index contributed by atoms with van der Waals surface area (Å²) in [6, 6.07) is 0.187. The van der Waals surface area contributed by atoms with Gasteiger partial charge in [-0.25, -0.2) is 9.78 Å². The van der Waals surface area contributed by atoms with E-state index in [1.54, 1.807) is 12.5 Å². The van der Waals surface area contributed by atoms with Gasteiger partial charge in [-0.1, -0.05) is 12.2 Å². The number of likely N-dealkylation sites (tertiary alicyclic amines) is 1. The lowest BCUT2D eigenvalue weighted by Gasteiger charge is -2.44. The number of carbonyl (C=O) groups is 1. The van der Waals surface area contributed by atoms with Crippen LogP contribution < -0.4 is 5.32 Å². The van der Waals surface area contributed by atoms with Gasteiger partial charge in [-0.3, -0.25) is 0 Å². The molecule has 1 N–H and O–H groups in total. The van der Waals surface area contributed by atoms with Crippen molar-refractivity contribution in [3.8, 4) is 0 Å². The van der Waals surface area contributed by atoms with Crippen molar-refractivity contribution in [2.75, 3.05) is 13.1 Å². The van der Waals surface area contributed by atoms with Crippen molar-refractivity contribution in [1.29, 1.82) is 0 Å². The second-order valence-corrected chi connectivity index (χ2v) is 6.85. The molecule has 0 unspecified atom stereocenters. The maximum absolute atomic E-state index is 12.5. The van der Waals surface area contributed by atoms with Crippen molar-refractivity contribution in [2.45, 2.75) is 51.6 Å². The Kier molecular flexibility index (Phi) is 4.50. The Bertz CT molecular complexity index is 525. The van der Waals surface area contributed by atoms with Crippen LogP contribution in [0.5, 0.6) is 0 Å². The number of hydrogen-bond donors (Lipinski definition) is 1. The molecule has 2 atom stereocenters. The molecule has 120 valence electrons. The SMILES string of the molecule is C[C@@H](Cn1ccnc1)NC(=O)N1CCC[C@@]2(CC=CCC2)C1. The van der Waals surface area contributed by atoms with Gasteiger partial charge in [-0.15, -0.1) is 0 Å². The Balaban J connectivity index is 1.54. The standard InChI is InChI=1S/C17H26N4O/c1-15(12-20-11-9-18-14-20)19-16(22)21-10-5-8-17(13-21)6-3-2-4-7-17/h2-3,9,11,14-15H,4-8,10,12-13H2,1H3,(H,19,22)/t15-,17-/m0/s1. The highest BCUT2D eigenvalue weighted by Gasteiger charge is 2.36. The number of nitrogens with zero attached hydrogens (tertiary/aromatic N) is 3. The first kappa shape index (κ1) is 15.1. The molecule has 2 amide bonds. The van der Waals surface area contributed by atoms with Crippen LogP contribution in [-0.4, -0.2) is 39.6 Å². The van der Waals surface area contributed by atoms with Gasteiger partial charge < -0.3 is 14.8 Å². The zero-order chi connectivity index (χ0) is 15.4. The average Bonchev–Trinajstić information content (AvgIpc) is 3.01.